The minimum atomic E-state index is 0.183. The van der Waals surface area contributed by atoms with Gasteiger partial charge in [0.25, 0.3) is 0 Å². The molecule has 0 spiro atoms. The Bertz CT molecular complexity index is 2000. The van der Waals surface area contributed by atoms with Crippen LogP contribution in [0.3, 0.4) is 0 Å². The summed E-state index contributed by atoms with van der Waals surface area (Å²) in [5, 5.41) is 40.1. The number of nitrogens with zero attached hydrogens (tertiary/aromatic N) is 3. The van der Waals surface area contributed by atoms with Gasteiger partial charge in [0.2, 0.25) is 0 Å². The predicted molar refractivity (Wildman–Crippen MR) is 283 cm³/mol. The van der Waals surface area contributed by atoms with E-state index in [0.29, 0.717) is 46.3 Å². The Morgan fingerprint density at radius 3 is 0.985 bits per heavy atom. The molecule has 0 amide bonds. The third-order valence-electron chi connectivity index (χ3n) is 21.9. The molecule has 384 valence electrons. The maximum atomic E-state index is 11.3. The molecule has 0 aromatic carbocycles. The van der Waals surface area contributed by atoms with Gasteiger partial charge in [0.15, 0.2) is 0 Å². The lowest BCUT2D eigenvalue weighted by Crippen LogP contribution is -2.29. The zero-order valence-electron chi connectivity index (χ0n) is 47.0. The molecule has 0 bridgehead atoms. The van der Waals surface area contributed by atoms with Gasteiger partial charge in [0, 0.05) is 17.8 Å². The maximum Gasteiger partial charge on any atom is 0.127 e. The highest BCUT2D eigenvalue weighted by molar-refractivity contribution is 5.68. The molecule has 8 unspecified atom stereocenters. The van der Waals surface area contributed by atoms with Crippen molar-refractivity contribution >= 4 is 18.7 Å². The number of oxime groups is 2. The molecule has 8 nitrogen and oxygen atoms in total. The summed E-state index contributed by atoms with van der Waals surface area (Å²) in [5.41, 5.74) is 14.5. The van der Waals surface area contributed by atoms with Gasteiger partial charge in [-0.15, -0.1) is 10.3 Å². The molecular weight excluding hydrogens is 841 g/mol. The summed E-state index contributed by atoms with van der Waals surface area (Å²) >= 11 is 0. The number of carbonyl (C=O) groups excluding carboxylic acids is 1. The zero-order chi connectivity index (χ0) is 52.0. The van der Waals surface area contributed by atoms with E-state index in [4.69, 9.17) is 15.6 Å². The average Bonchev–Trinajstić information content (AvgIpc) is 3.68. The lowest BCUT2D eigenvalue weighted by molar-refractivity contribution is -0.110. The molecular formula is C60H100N4O4. The van der Waals surface area contributed by atoms with Crippen molar-refractivity contribution in [1.29, 1.82) is 5.26 Å². The van der Waals surface area contributed by atoms with Gasteiger partial charge in [-0.05, 0) is 150 Å². The fourth-order valence-electron chi connectivity index (χ4n) is 16.4. The molecule has 8 atom stereocenters. The van der Waals surface area contributed by atoms with Crippen molar-refractivity contribution < 1.29 is 20.4 Å². The predicted octanol–water partition coefficient (Wildman–Crippen LogP) is 16.1. The van der Waals surface area contributed by atoms with Gasteiger partial charge in [-0.25, -0.2) is 5.90 Å². The Kier molecular flexibility index (Phi) is 17.4. The van der Waals surface area contributed by atoms with E-state index in [-0.39, 0.29) is 44.3 Å². The second-order valence-electron chi connectivity index (χ2n) is 27.0. The van der Waals surface area contributed by atoms with Gasteiger partial charge in [-0.2, -0.15) is 5.26 Å². The maximum absolute atomic E-state index is 11.3. The summed E-state index contributed by atoms with van der Waals surface area (Å²) in [7, 11) is 0. The van der Waals surface area contributed by atoms with Crippen LogP contribution in [0.2, 0.25) is 0 Å². The number of nitriles is 1. The van der Waals surface area contributed by atoms with E-state index in [1.165, 1.54) is 68.8 Å². The monoisotopic (exact) mass is 941 g/mol. The Morgan fingerprint density at radius 1 is 0.456 bits per heavy atom. The van der Waals surface area contributed by atoms with Crippen LogP contribution in [0.25, 0.3) is 0 Å². The molecule has 0 radical (unpaired) electrons. The van der Waals surface area contributed by atoms with E-state index in [0.717, 1.165) is 25.7 Å². The molecule has 5 N–H and O–H groups in total. The molecule has 0 saturated carbocycles. The molecule has 8 aliphatic rings. The third kappa shape index (κ3) is 9.57. The second kappa shape index (κ2) is 20.6. The highest BCUT2D eigenvalue weighted by Gasteiger charge is 2.56. The zero-order valence-corrected chi connectivity index (χ0v) is 47.0. The summed E-state index contributed by atoms with van der Waals surface area (Å²) < 4.78 is 0. The normalized spacial score (nSPS) is 34.7. The fraction of sp³-hybridized carbons (Fsp3) is 0.800. The number of rotatable bonds is 3. The van der Waals surface area contributed by atoms with Crippen LogP contribution in [0.1, 0.15) is 216 Å². The molecule has 0 heterocycles. The standard InChI is InChI=1S/2C15H25NO.C15H23N.C15H24O.H3NO/c2*1-10-14(2,3)12-8-6-7-11(9-16-17)13(12)15(10,4)5;2*1-10-14(2,3)12-8-6-7-11(9-16)13(12)15(10,4)5;1-2/h2*9-11,17H,6-8H2,1-5H3;10-11H,6-8H2,1-5H3;9-11H,6-8H2,1-5H3;2H,1H2/b2*16-9-;;;. The Hall–Kier alpha value is -3.02. The van der Waals surface area contributed by atoms with Crippen molar-refractivity contribution in [3.63, 3.8) is 0 Å². The van der Waals surface area contributed by atoms with E-state index >= 15 is 0 Å². The Balaban J connectivity index is 0.000000195. The van der Waals surface area contributed by atoms with Crippen molar-refractivity contribution in [1.82, 2.24) is 0 Å². The average molecular weight is 941 g/mol. The van der Waals surface area contributed by atoms with Gasteiger partial charge in [-0.3, -0.25) is 0 Å². The van der Waals surface area contributed by atoms with E-state index in [2.05, 4.69) is 161 Å². The van der Waals surface area contributed by atoms with E-state index < -0.39 is 0 Å². The van der Waals surface area contributed by atoms with Crippen LogP contribution in [-0.4, -0.2) is 34.3 Å². The largest absolute Gasteiger partial charge is 0.411 e. The van der Waals surface area contributed by atoms with Crippen LogP contribution < -0.4 is 5.90 Å². The number of hydrogen-bond acceptors (Lipinski definition) is 8. The second-order valence-corrected chi connectivity index (χ2v) is 27.0. The van der Waals surface area contributed by atoms with E-state index in [9.17, 15) is 10.1 Å². The molecule has 8 heteroatoms. The van der Waals surface area contributed by atoms with Crippen LogP contribution in [-0.2, 0) is 4.79 Å². The molecule has 0 aliphatic heterocycles. The molecule has 8 rings (SSSR count). The SMILES string of the molecule is CC1C(C)(C)C2=C(C(/C=N\O)CCC2)C1(C)C.CC1C(C)(C)C2=C(C(/C=N\O)CCC2)C1(C)C.CC1C(C)(C)C2=C(C(C#N)CCC2)C1(C)C.CC1C(C)(C)C2=C(C(C=O)CCC2)C1(C)C.NO. The van der Waals surface area contributed by atoms with Gasteiger partial charge in [0.1, 0.15) is 6.29 Å². The number of carbonyl (C=O) groups is 1. The number of hydrogen-bond donors (Lipinski definition) is 4. The van der Waals surface area contributed by atoms with Gasteiger partial charge >= 0.3 is 0 Å². The number of aldehydes is 1. The first kappa shape index (κ1) is 57.6. The summed E-state index contributed by atoms with van der Waals surface area (Å²) in [6.45, 7) is 47.1. The highest BCUT2D eigenvalue weighted by atomic mass is 16.4. The summed E-state index contributed by atoms with van der Waals surface area (Å²) in [6, 6.07) is 2.53. The Morgan fingerprint density at radius 2 is 0.706 bits per heavy atom. The molecule has 0 fully saturated rings. The topological polar surface area (TPSA) is 152 Å². The highest BCUT2D eigenvalue weighted by Crippen LogP contribution is 2.65. The van der Waals surface area contributed by atoms with Crippen LogP contribution in [0.5, 0.6) is 0 Å². The minimum absolute atomic E-state index is 0.183. The first-order valence-electron chi connectivity index (χ1n) is 26.7. The molecule has 0 aromatic rings. The van der Waals surface area contributed by atoms with Gasteiger partial charge in [0.05, 0.1) is 24.4 Å². The molecule has 0 aromatic heterocycles. The van der Waals surface area contributed by atoms with Crippen LogP contribution in [0.15, 0.2) is 54.9 Å². The molecule has 68 heavy (non-hydrogen) atoms. The van der Waals surface area contributed by atoms with Crippen molar-refractivity contribution in [2.24, 2.45) is 107 Å². The summed E-state index contributed by atoms with van der Waals surface area (Å²) in [5.74, 6) is 7.14. The Labute approximate surface area is 415 Å². The molecule has 0 saturated heterocycles. The minimum Gasteiger partial charge on any atom is -0.411 e. The van der Waals surface area contributed by atoms with Gasteiger partial charge < -0.3 is 20.4 Å². The van der Waals surface area contributed by atoms with Crippen LogP contribution in [0, 0.1) is 102 Å². The summed E-state index contributed by atoms with van der Waals surface area (Å²) in [4.78, 5) is 11.3. The molecule has 8 aliphatic carbocycles. The quantitative estimate of drug-likeness (QED) is 0.0727. The van der Waals surface area contributed by atoms with Crippen molar-refractivity contribution in [3.05, 3.63) is 44.6 Å². The van der Waals surface area contributed by atoms with Crippen molar-refractivity contribution in [3.8, 4) is 6.07 Å². The van der Waals surface area contributed by atoms with Gasteiger partial charge in [-0.1, -0.05) is 177 Å². The lowest BCUT2D eigenvalue weighted by Gasteiger charge is -2.35. The summed E-state index contributed by atoms with van der Waals surface area (Å²) in [6.07, 6.45) is 18.8. The first-order chi connectivity index (χ1) is 31.3. The first-order valence-corrected chi connectivity index (χ1v) is 26.7. The van der Waals surface area contributed by atoms with Crippen molar-refractivity contribution in [2.75, 3.05) is 0 Å². The van der Waals surface area contributed by atoms with Crippen molar-refractivity contribution in [2.45, 2.75) is 216 Å². The fourth-order valence-corrected chi connectivity index (χ4v) is 16.4. The van der Waals surface area contributed by atoms with E-state index in [1.807, 2.05) is 0 Å². The lowest BCUT2D eigenvalue weighted by atomic mass is 9.69. The smallest absolute Gasteiger partial charge is 0.127 e. The van der Waals surface area contributed by atoms with Crippen LogP contribution in [0.4, 0.5) is 0 Å². The number of allylic oxidation sites excluding steroid dienone is 8. The van der Waals surface area contributed by atoms with E-state index in [1.54, 1.807) is 45.9 Å². The number of nitrogens with two attached hydrogens (primary N) is 1. The third-order valence-corrected chi connectivity index (χ3v) is 21.9. The van der Waals surface area contributed by atoms with Crippen LogP contribution >= 0.6 is 0 Å².